The van der Waals surface area contributed by atoms with Crippen molar-refractivity contribution >= 4 is 57.7 Å². The van der Waals surface area contributed by atoms with Crippen molar-refractivity contribution in [3.8, 4) is 11.5 Å². The first-order valence-electron chi connectivity index (χ1n) is 9.21. The monoisotopic (exact) mass is 471 g/mol. The number of fused-ring (bicyclic) bond motifs is 3. The molecule has 0 fully saturated rings. The Morgan fingerprint density at radius 2 is 1.81 bits per heavy atom. The summed E-state index contributed by atoms with van der Waals surface area (Å²) in [6, 6.07) is 9.48. The molecule has 0 aliphatic heterocycles. The quantitative estimate of drug-likeness (QED) is 0.338. The number of aromatic nitrogens is 2. The molecular weight excluding hydrogens is 454 g/mol. The molecule has 0 radical (unpaired) electrons. The van der Waals surface area contributed by atoms with Gasteiger partial charge in [-0.3, -0.25) is 14.0 Å². The minimum Gasteiger partial charge on any atom is -0.493 e. The lowest BCUT2D eigenvalue weighted by Crippen LogP contribution is -2.15. The van der Waals surface area contributed by atoms with Gasteiger partial charge in [0.15, 0.2) is 15.5 Å². The van der Waals surface area contributed by atoms with Crippen LogP contribution in [0, 0.1) is 3.95 Å². The van der Waals surface area contributed by atoms with Gasteiger partial charge in [-0.1, -0.05) is 11.3 Å². The van der Waals surface area contributed by atoms with E-state index < -0.39 is 17.4 Å². The van der Waals surface area contributed by atoms with Crippen LogP contribution in [0.3, 0.4) is 0 Å². The minimum atomic E-state index is -0.548. The number of H-pyrrole nitrogens is 1. The topological polar surface area (TPSA) is 111 Å². The number of amides is 1. The Bertz CT molecular complexity index is 1500. The molecule has 2 heterocycles. The van der Waals surface area contributed by atoms with Crippen LogP contribution in [-0.4, -0.2) is 42.6 Å². The van der Waals surface area contributed by atoms with Crippen LogP contribution >= 0.6 is 23.6 Å². The lowest BCUT2D eigenvalue weighted by Gasteiger charge is -2.10. The number of nitrogens with zero attached hydrogens (tertiary/aromatic N) is 1. The van der Waals surface area contributed by atoms with Crippen molar-refractivity contribution < 1.29 is 23.8 Å². The number of thiazole rings is 1. The Hall–Kier alpha value is -3.70. The van der Waals surface area contributed by atoms with E-state index in [1.807, 2.05) is 0 Å². The third kappa shape index (κ3) is 3.61. The van der Waals surface area contributed by atoms with E-state index in [0.29, 0.717) is 32.0 Å². The van der Waals surface area contributed by atoms with Crippen LogP contribution < -0.4 is 20.3 Å². The molecule has 164 valence electrons. The lowest BCUT2D eigenvalue weighted by atomic mass is 10.1. The van der Waals surface area contributed by atoms with Gasteiger partial charge in [-0.25, -0.2) is 4.79 Å². The fraction of sp³-hybridized carbons (Fsp3) is 0.143. The molecule has 4 rings (SSSR count). The van der Waals surface area contributed by atoms with Gasteiger partial charge < -0.3 is 24.5 Å². The van der Waals surface area contributed by atoms with Crippen LogP contribution in [0.15, 0.2) is 41.2 Å². The van der Waals surface area contributed by atoms with Gasteiger partial charge in [-0.05, 0) is 42.5 Å². The first-order chi connectivity index (χ1) is 15.4. The molecule has 0 saturated carbocycles. The Morgan fingerprint density at radius 3 is 2.50 bits per heavy atom. The van der Waals surface area contributed by atoms with E-state index in [4.69, 9.17) is 26.4 Å². The maximum atomic E-state index is 13.0. The molecule has 2 aromatic heterocycles. The SMILES string of the molecule is COC(=O)c1ccc2c(=O)[nH]c3c(C(=O)Nc4ccc(OC)c(OC)c4)sc(=S)n3c2c1. The highest BCUT2D eigenvalue weighted by atomic mass is 32.1. The third-order valence-electron chi connectivity index (χ3n) is 4.79. The number of hydrogen-bond acceptors (Lipinski definition) is 8. The Labute approximate surface area is 190 Å². The molecule has 4 aromatic rings. The van der Waals surface area contributed by atoms with Crippen molar-refractivity contribution in [1.29, 1.82) is 0 Å². The smallest absolute Gasteiger partial charge is 0.337 e. The molecule has 1 amide bonds. The van der Waals surface area contributed by atoms with E-state index in [0.717, 1.165) is 11.3 Å². The first-order valence-corrected chi connectivity index (χ1v) is 10.4. The van der Waals surface area contributed by atoms with Crippen molar-refractivity contribution in [3.05, 3.63) is 61.1 Å². The second-order valence-electron chi connectivity index (χ2n) is 6.58. The molecule has 0 atom stereocenters. The Kier molecular flexibility index (Phi) is 5.68. The van der Waals surface area contributed by atoms with Gasteiger partial charge in [0.1, 0.15) is 10.5 Å². The normalized spacial score (nSPS) is 10.8. The van der Waals surface area contributed by atoms with Crippen LogP contribution in [0.25, 0.3) is 16.6 Å². The van der Waals surface area contributed by atoms with Gasteiger partial charge in [-0.15, -0.1) is 0 Å². The number of carbonyl (C=O) groups is 2. The maximum absolute atomic E-state index is 13.0. The van der Waals surface area contributed by atoms with E-state index in [-0.39, 0.29) is 16.1 Å². The molecular formula is C21H17N3O6S2. The van der Waals surface area contributed by atoms with Crippen LogP contribution in [0.2, 0.25) is 0 Å². The zero-order valence-corrected chi connectivity index (χ0v) is 18.8. The average molecular weight is 472 g/mol. The number of ether oxygens (including phenoxy) is 3. The number of esters is 1. The number of hydrogen-bond donors (Lipinski definition) is 2. The first kappa shape index (κ1) is 21.5. The number of rotatable bonds is 5. The molecule has 2 aromatic carbocycles. The minimum absolute atomic E-state index is 0.215. The summed E-state index contributed by atoms with van der Waals surface area (Å²) in [5.74, 6) is -0.0365. The van der Waals surface area contributed by atoms with E-state index in [1.54, 1.807) is 22.6 Å². The van der Waals surface area contributed by atoms with Gasteiger partial charge >= 0.3 is 5.97 Å². The number of benzene rings is 2. The van der Waals surface area contributed by atoms with E-state index in [2.05, 4.69) is 10.3 Å². The zero-order valence-electron chi connectivity index (χ0n) is 17.2. The molecule has 32 heavy (non-hydrogen) atoms. The van der Waals surface area contributed by atoms with Crippen LogP contribution in [0.4, 0.5) is 5.69 Å². The predicted octanol–water partition coefficient (Wildman–Crippen LogP) is 3.63. The van der Waals surface area contributed by atoms with E-state index >= 15 is 0 Å². The number of carbonyl (C=O) groups excluding carboxylic acids is 2. The fourth-order valence-corrected chi connectivity index (χ4v) is 4.57. The van der Waals surface area contributed by atoms with Crippen molar-refractivity contribution in [1.82, 2.24) is 9.38 Å². The molecule has 2 N–H and O–H groups in total. The van der Waals surface area contributed by atoms with Gasteiger partial charge in [0.05, 0.1) is 37.8 Å². The number of methoxy groups -OCH3 is 3. The Morgan fingerprint density at radius 1 is 1.06 bits per heavy atom. The highest BCUT2D eigenvalue weighted by Gasteiger charge is 2.20. The van der Waals surface area contributed by atoms with Crippen LogP contribution in [0.5, 0.6) is 11.5 Å². The predicted molar refractivity (Wildman–Crippen MR) is 123 cm³/mol. The summed E-state index contributed by atoms with van der Waals surface area (Å²) in [4.78, 5) is 40.6. The summed E-state index contributed by atoms with van der Waals surface area (Å²) in [7, 11) is 4.28. The van der Waals surface area contributed by atoms with Crippen LogP contribution in [-0.2, 0) is 4.74 Å². The Balaban J connectivity index is 1.83. The molecule has 0 unspecified atom stereocenters. The summed E-state index contributed by atoms with van der Waals surface area (Å²) < 4.78 is 17.1. The largest absolute Gasteiger partial charge is 0.493 e. The number of anilines is 1. The standard InChI is InChI=1S/C21H17N3O6S2/c1-28-14-7-5-11(9-15(14)29-2)22-19(26)16-17-23-18(25)12-6-4-10(20(27)30-3)8-13(12)24(17)21(31)32-16/h4-9H,1-3H3,(H,22,26)(H,23,25). The summed E-state index contributed by atoms with van der Waals surface area (Å²) in [5, 5.41) is 3.10. The second-order valence-corrected chi connectivity index (χ2v) is 8.23. The van der Waals surface area contributed by atoms with Crippen molar-refractivity contribution in [2.45, 2.75) is 0 Å². The number of aromatic amines is 1. The van der Waals surface area contributed by atoms with Crippen molar-refractivity contribution in [2.75, 3.05) is 26.6 Å². The summed E-state index contributed by atoms with van der Waals surface area (Å²) in [6.07, 6.45) is 0. The molecule has 11 heteroatoms. The molecule has 0 aliphatic rings. The van der Waals surface area contributed by atoms with Crippen molar-refractivity contribution in [3.63, 3.8) is 0 Å². The van der Waals surface area contributed by atoms with Gasteiger partial charge in [0, 0.05) is 11.8 Å². The molecule has 9 nitrogen and oxygen atoms in total. The highest BCUT2D eigenvalue weighted by Crippen LogP contribution is 2.31. The highest BCUT2D eigenvalue weighted by molar-refractivity contribution is 7.73. The van der Waals surface area contributed by atoms with Gasteiger partial charge in [0.2, 0.25) is 0 Å². The second kappa shape index (κ2) is 8.44. The molecule has 0 spiro atoms. The summed E-state index contributed by atoms with van der Waals surface area (Å²) in [5.41, 5.74) is 0.956. The lowest BCUT2D eigenvalue weighted by molar-refractivity contribution is 0.0600. The average Bonchev–Trinajstić information content (AvgIpc) is 3.14. The maximum Gasteiger partial charge on any atom is 0.337 e. The third-order valence-corrected chi connectivity index (χ3v) is 6.17. The number of nitrogens with one attached hydrogen (secondary N) is 2. The molecule has 0 saturated heterocycles. The fourth-order valence-electron chi connectivity index (χ4n) is 3.29. The van der Waals surface area contributed by atoms with Crippen LogP contribution in [0.1, 0.15) is 20.0 Å². The molecule has 0 bridgehead atoms. The van der Waals surface area contributed by atoms with Gasteiger partial charge in [0.25, 0.3) is 11.5 Å². The zero-order chi connectivity index (χ0) is 23.0. The van der Waals surface area contributed by atoms with Gasteiger partial charge in [-0.2, -0.15) is 0 Å². The van der Waals surface area contributed by atoms with E-state index in [9.17, 15) is 14.4 Å². The molecule has 0 aliphatic carbocycles. The van der Waals surface area contributed by atoms with E-state index in [1.165, 1.54) is 39.5 Å². The van der Waals surface area contributed by atoms with Crippen molar-refractivity contribution in [2.24, 2.45) is 0 Å². The summed E-state index contributed by atoms with van der Waals surface area (Å²) >= 11 is 6.51. The summed E-state index contributed by atoms with van der Waals surface area (Å²) in [6.45, 7) is 0.